The van der Waals surface area contributed by atoms with E-state index in [0.29, 0.717) is 35.0 Å². The summed E-state index contributed by atoms with van der Waals surface area (Å²) in [5, 5.41) is 0.357. The van der Waals surface area contributed by atoms with Gasteiger partial charge in [-0.3, -0.25) is 4.79 Å². The largest absolute Gasteiger partial charge is 0.493 e. The van der Waals surface area contributed by atoms with E-state index < -0.39 is 0 Å². The number of methoxy groups -OCH3 is 1. The second-order valence-electron chi connectivity index (χ2n) is 3.54. The van der Waals surface area contributed by atoms with Crippen molar-refractivity contribution in [1.82, 2.24) is 0 Å². The fourth-order valence-corrected chi connectivity index (χ4v) is 1.50. The first kappa shape index (κ1) is 13.6. The minimum Gasteiger partial charge on any atom is -0.493 e. The van der Waals surface area contributed by atoms with Crippen molar-refractivity contribution in [1.29, 1.82) is 0 Å². The molecular weight excluding hydrogens is 240 g/mol. The number of benzene rings is 1. The van der Waals surface area contributed by atoms with Crippen molar-refractivity contribution in [2.75, 3.05) is 13.7 Å². The Hall–Kier alpha value is -1.48. The van der Waals surface area contributed by atoms with Crippen LogP contribution in [0.3, 0.4) is 0 Å². The van der Waals surface area contributed by atoms with Crippen LogP contribution in [0.4, 0.5) is 0 Å². The van der Waals surface area contributed by atoms with Gasteiger partial charge in [-0.2, -0.15) is 0 Å². The fraction of sp³-hybridized carbons (Fsp3) is 0.308. The molecule has 1 aromatic carbocycles. The Balaban J connectivity index is 2.97. The topological polar surface area (TPSA) is 35.5 Å². The third-order valence-electron chi connectivity index (χ3n) is 2.31. The normalized spacial score (nSPS) is 9.82. The predicted molar refractivity (Wildman–Crippen MR) is 68.3 cm³/mol. The molecule has 92 valence electrons. The lowest BCUT2D eigenvalue weighted by molar-refractivity contribution is 0.112. The zero-order valence-electron chi connectivity index (χ0n) is 9.96. The van der Waals surface area contributed by atoms with E-state index in [-0.39, 0.29) is 0 Å². The molecular formula is C13H15ClO3. The summed E-state index contributed by atoms with van der Waals surface area (Å²) in [4.78, 5) is 10.7. The Labute approximate surface area is 106 Å². The van der Waals surface area contributed by atoms with E-state index in [1.54, 1.807) is 12.1 Å². The van der Waals surface area contributed by atoms with Crippen LogP contribution in [0.5, 0.6) is 11.5 Å². The Morgan fingerprint density at radius 2 is 2.24 bits per heavy atom. The highest BCUT2D eigenvalue weighted by atomic mass is 35.5. The first-order chi connectivity index (χ1) is 8.12. The Bertz CT molecular complexity index is 427. The maximum absolute atomic E-state index is 10.7. The molecule has 0 saturated carbocycles. The number of aldehydes is 1. The highest BCUT2D eigenvalue weighted by Crippen LogP contribution is 2.36. The molecule has 0 aliphatic carbocycles. The van der Waals surface area contributed by atoms with Crippen LogP contribution in [-0.2, 0) is 0 Å². The van der Waals surface area contributed by atoms with E-state index >= 15 is 0 Å². The van der Waals surface area contributed by atoms with Crippen LogP contribution < -0.4 is 9.47 Å². The fourth-order valence-electron chi connectivity index (χ4n) is 1.22. The third kappa shape index (κ3) is 3.49. The summed E-state index contributed by atoms with van der Waals surface area (Å²) in [7, 11) is 1.50. The van der Waals surface area contributed by atoms with E-state index in [0.717, 1.165) is 12.0 Å². The van der Waals surface area contributed by atoms with Gasteiger partial charge < -0.3 is 9.47 Å². The molecule has 0 atom stereocenters. The van der Waals surface area contributed by atoms with Gasteiger partial charge >= 0.3 is 0 Å². The second kappa shape index (κ2) is 6.30. The molecule has 0 radical (unpaired) electrons. The van der Waals surface area contributed by atoms with Crippen molar-refractivity contribution in [3.05, 3.63) is 34.9 Å². The van der Waals surface area contributed by atoms with Gasteiger partial charge in [-0.15, -0.1) is 0 Å². The van der Waals surface area contributed by atoms with Gasteiger partial charge in [0.2, 0.25) is 0 Å². The van der Waals surface area contributed by atoms with E-state index in [2.05, 4.69) is 6.58 Å². The molecule has 0 fully saturated rings. The highest BCUT2D eigenvalue weighted by molar-refractivity contribution is 6.32. The number of rotatable bonds is 6. The first-order valence-corrected chi connectivity index (χ1v) is 5.62. The van der Waals surface area contributed by atoms with E-state index in [9.17, 15) is 4.79 Å². The molecule has 0 amide bonds. The molecule has 0 saturated heterocycles. The van der Waals surface area contributed by atoms with Crippen molar-refractivity contribution < 1.29 is 14.3 Å². The van der Waals surface area contributed by atoms with E-state index in [4.69, 9.17) is 21.1 Å². The number of hydrogen-bond acceptors (Lipinski definition) is 3. The minimum absolute atomic E-state index is 0.357. The number of halogens is 1. The van der Waals surface area contributed by atoms with Crippen LogP contribution in [0.15, 0.2) is 24.3 Å². The lowest BCUT2D eigenvalue weighted by atomic mass is 10.2. The Kier molecular flexibility index (Phi) is 5.04. The molecule has 0 aromatic heterocycles. The van der Waals surface area contributed by atoms with E-state index in [1.807, 2.05) is 6.92 Å². The SMILES string of the molecule is C=C(CC)COc1c(Cl)cc(C=O)cc1OC. The molecule has 0 aliphatic rings. The summed E-state index contributed by atoms with van der Waals surface area (Å²) in [6.45, 7) is 6.22. The monoisotopic (exact) mass is 254 g/mol. The van der Waals surface area contributed by atoms with Gasteiger partial charge in [0.1, 0.15) is 12.9 Å². The number of carbonyl (C=O) groups is 1. The first-order valence-electron chi connectivity index (χ1n) is 5.24. The summed E-state index contributed by atoms with van der Waals surface area (Å²) in [5.74, 6) is 0.887. The molecule has 1 aromatic rings. The molecule has 4 heteroatoms. The lowest BCUT2D eigenvalue weighted by Crippen LogP contribution is -2.02. The molecule has 0 spiro atoms. The van der Waals surface area contributed by atoms with Gasteiger partial charge in [0.15, 0.2) is 11.5 Å². The van der Waals surface area contributed by atoms with Crippen LogP contribution >= 0.6 is 11.6 Å². The van der Waals surface area contributed by atoms with Crippen molar-refractivity contribution in [2.24, 2.45) is 0 Å². The molecule has 0 aliphatic heterocycles. The summed E-state index contributed by atoms with van der Waals surface area (Å²) in [6.07, 6.45) is 1.55. The van der Waals surface area contributed by atoms with Crippen LogP contribution in [0.1, 0.15) is 23.7 Å². The lowest BCUT2D eigenvalue weighted by Gasteiger charge is -2.13. The van der Waals surface area contributed by atoms with Crippen molar-refractivity contribution in [2.45, 2.75) is 13.3 Å². The zero-order chi connectivity index (χ0) is 12.8. The minimum atomic E-state index is 0.357. The molecule has 0 bridgehead atoms. The van der Waals surface area contributed by atoms with Crippen LogP contribution in [0, 0.1) is 0 Å². The molecule has 17 heavy (non-hydrogen) atoms. The Morgan fingerprint density at radius 3 is 2.76 bits per heavy atom. The van der Waals surface area contributed by atoms with Gasteiger partial charge in [-0.05, 0) is 24.1 Å². The molecule has 0 unspecified atom stereocenters. The van der Waals surface area contributed by atoms with Gasteiger partial charge in [-0.25, -0.2) is 0 Å². The van der Waals surface area contributed by atoms with Crippen LogP contribution in [-0.4, -0.2) is 20.0 Å². The summed E-state index contributed by atoms with van der Waals surface area (Å²) >= 11 is 6.03. The third-order valence-corrected chi connectivity index (χ3v) is 2.59. The standard InChI is InChI=1S/C13H15ClO3/c1-4-9(2)8-17-13-11(14)5-10(7-15)6-12(13)16-3/h5-7H,2,4,8H2,1,3H3. The second-order valence-corrected chi connectivity index (χ2v) is 3.95. The maximum atomic E-state index is 10.7. The van der Waals surface area contributed by atoms with E-state index in [1.165, 1.54) is 7.11 Å². The number of carbonyl (C=O) groups excluding carboxylic acids is 1. The molecule has 0 heterocycles. The zero-order valence-corrected chi connectivity index (χ0v) is 10.7. The number of hydrogen-bond donors (Lipinski definition) is 0. The average Bonchev–Trinajstić information content (AvgIpc) is 2.35. The van der Waals surface area contributed by atoms with Gasteiger partial charge in [0, 0.05) is 5.56 Å². The smallest absolute Gasteiger partial charge is 0.180 e. The van der Waals surface area contributed by atoms with Gasteiger partial charge in [-0.1, -0.05) is 25.1 Å². The summed E-state index contributed by atoms with van der Waals surface area (Å²) in [5.41, 5.74) is 1.41. The average molecular weight is 255 g/mol. The van der Waals surface area contributed by atoms with Crippen molar-refractivity contribution in [3.63, 3.8) is 0 Å². The molecule has 1 rings (SSSR count). The maximum Gasteiger partial charge on any atom is 0.180 e. The highest BCUT2D eigenvalue weighted by Gasteiger charge is 2.12. The quantitative estimate of drug-likeness (QED) is 0.576. The number of ether oxygens (including phenoxy) is 2. The van der Waals surface area contributed by atoms with Crippen molar-refractivity contribution in [3.8, 4) is 11.5 Å². The predicted octanol–water partition coefficient (Wildman–Crippen LogP) is 3.51. The summed E-state index contributed by atoms with van der Waals surface area (Å²) < 4.78 is 10.7. The molecule has 3 nitrogen and oxygen atoms in total. The molecule has 0 N–H and O–H groups in total. The van der Waals surface area contributed by atoms with Crippen LogP contribution in [0.25, 0.3) is 0 Å². The van der Waals surface area contributed by atoms with Gasteiger partial charge in [0.25, 0.3) is 0 Å². The Morgan fingerprint density at radius 1 is 1.53 bits per heavy atom. The van der Waals surface area contributed by atoms with Gasteiger partial charge in [0.05, 0.1) is 12.1 Å². The summed E-state index contributed by atoms with van der Waals surface area (Å²) in [6, 6.07) is 3.13. The van der Waals surface area contributed by atoms with Crippen molar-refractivity contribution >= 4 is 17.9 Å². The van der Waals surface area contributed by atoms with Crippen LogP contribution in [0.2, 0.25) is 5.02 Å².